The fraction of sp³-hybridized carbons (Fsp3) is 1.00. The highest BCUT2D eigenvalue weighted by Crippen LogP contribution is 2.36. The van der Waals surface area contributed by atoms with Crippen molar-refractivity contribution < 1.29 is 0 Å². The van der Waals surface area contributed by atoms with E-state index in [1.807, 2.05) is 0 Å². The molecule has 3 unspecified atom stereocenters. The molecule has 2 saturated heterocycles. The molecule has 1 N–H and O–H groups in total. The van der Waals surface area contributed by atoms with E-state index in [0.29, 0.717) is 0 Å². The molecule has 0 spiro atoms. The SMILES string of the molecule is C1CCNC(CN2CCC3CCCCC3C2)CC1. The zero-order chi connectivity index (χ0) is 12.2. The topological polar surface area (TPSA) is 15.3 Å². The Kier molecular flexibility index (Phi) is 4.58. The van der Waals surface area contributed by atoms with Crippen LogP contribution in [0, 0.1) is 11.8 Å². The maximum Gasteiger partial charge on any atom is 0.0195 e. The van der Waals surface area contributed by atoms with Gasteiger partial charge in [0.25, 0.3) is 0 Å². The van der Waals surface area contributed by atoms with Crippen molar-refractivity contribution in [1.29, 1.82) is 0 Å². The van der Waals surface area contributed by atoms with Gasteiger partial charge in [0.05, 0.1) is 0 Å². The van der Waals surface area contributed by atoms with Crippen LogP contribution in [0.4, 0.5) is 0 Å². The quantitative estimate of drug-likeness (QED) is 0.810. The van der Waals surface area contributed by atoms with Crippen LogP contribution in [0.2, 0.25) is 0 Å². The molecule has 0 aromatic heterocycles. The van der Waals surface area contributed by atoms with E-state index in [2.05, 4.69) is 10.2 Å². The standard InChI is InChI=1S/C16H30N2/c1-2-8-16(17-10-5-1)13-18-11-9-14-6-3-4-7-15(14)12-18/h14-17H,1-13H2. The summed E-state index contributed by atoms with van der Waals surface area (Å²) in [6.07, 6.45) is 13.2. The summed E-state index contributed by atoms with van der Waals surface area (Å²) in [6, 6.07) is 0.785. The van der Waals surface area contributed by atoms with Gasteiger partial charge in [0.1, 0.15) is 0 Å². The lowest BCUT2D eigenvalue weighted by molar-refractivity contribution is 0.0794. The van der Waals surface area contributed by atoms with E-state index in [1.165, 1.54) is 84.0 Å². The molecule has 3 aliphatic rings. The van der Waals surface area contributed by atoms with E-state index in [0.717, 1.165) is 17.9 Å². The predicted octanol–water partition coefficient (Wildman–Crippen LogP) is 3.03. The smallest absolute Gasteiger partial charge is 0.0195 e. The van der Waals surface area contributed by atoms with Gasteiger partial charge >= 0.3 is 0 Å². The summed E-state index contributed by atoms with van der Waals surface area (Å²) in [5.41, 5.74) is 0. The summed E-state index contributed by atoms with van der Waals surface area (Å²) in [6.45, 7) is 5.36. The van der Waals surface area contributed by atoms with Crippen molar-refractivity contribution in [3.8, 4) is 0 Å². The molecule has 0 bridgehead atoms. The molecule has 3 fully saturated rings. The average molecular weight is 250 g/mol. The molecule has 2 heteroatoms. The second-order valence-corrected chi connectivity index (χ2v) is 6.85. The largest absolute Gasteiger partial charge is 0.313 e. The van der Waals surface area contributed by atoms with Gasteiger partial charge in [0, 0.05) is 19.1 Å². The van der Waals surface area contributed by atoms with Gasteiger partial charge < -0.3 is 10.2 Å². The van der Waals surface area contributed by atoms with Gasteiger partial charge in [0.2, 0.25) is 0 Å². The van der Waals surface area contributed by atoms with Crippen molar-refractivity contribution >= 4 is 0 Å². The molecule has 1 aliphatic carbocycles. The van der Waals surface area contributed by atoms with Gasteiger partial charge in [0.15, 0.2) is 0 Å². The van der Waals surface area contributed by atoms with Crippen LogP contribution in [0.5, 0.6) is 0 Å². The highest BCUT2D eigenvalue weighted by Gasteiger charge is 2.31. The highest BCUT2D eigenvalue weighted by molar-refractivity contribution is 4.85. The number of hydrogen-bond donors (Lipinski definition) is 1. The van der Waals surface area contributed by atoms with Gasteiger partial charge in [-0.15, -0.1) is 0 Å². The Bertz CT molecular complexity index is 245. The fourth-order valence-corrected chi connectivity index (χ4v) is 4.41. The summed E-state index contributed by atoms with van der Waals surface area (Å²) >= 11 is 0. The highest BCUT2D eigenvalue weighted by atomic mass is 15.2. The second-order valence-electron chi connectivity index (χ2n) is 6.85. The third-order valence-electron chi connectivity index (χ3n) is 5.52. The minimum Gasteiger partial charge on any atom is -0.313 e. The molecule has 2 nitrogen and oxygen atoms in total. The van der Waals surface area contributed by atoms with Gasteiger partial charge in [-0.1, -0.05) is 32.1 Å². The zero-order valence-electron chi connectivity index (χ0n) is 11.9. The first kappa shape index (κ1) is 12.9. The number of rotatable bonds is 2. The van der Waals surface area contributed by atoms with Crippen molar-refractivity contribution in [3.63, 3.8) is 0 Å². The molecule has 0 radical (unpaired) electrons. The molecule has 1 saturated carbocycles. The lowest BCUT2D eigenvalue weighted by Gasteiger charge is -2.42. The molecule has 0 amide bonds. The first-order chi connectivity index (χ1) is 8.92. The summed E-state index contributed by atoms with van der Waals surface area (Å²) in [5.74, 6) is 2.12. The van der Waals surface area contributed by atoms with Crippen LogP contribution in [-0.2, 0) is 0 Å². The summed E-state index contributed by atoms with van der Waals surface area (Å²) in [7, 11) is 0. The van der Waals surface area contributed by atoms with Crippen molar-refractivity contribution in [2.75, 3.05) is 26.2 Å². The number of fused-ring (bicyclic) bond motifs is 1. The maximum atomic E-state index is 3.76. The van der Waals surface area contributed by atoms with Gasteiger partial charge in [-0.05, 0) is 50.6 Å². The fourth-order valence-electron chi connectivity index (χ4n) is 4.41. The Balaban J connectivity index is 1.48. The van der Waals surface area contributed by atoms with Crippen LogP contribution < -0.4 is 5.32 Å². The minimum absolute atomic E-state index is 0.785. The van der Waals surface area contributed by atoms with Crippen LogP contribution in [0.3, 0.4) is 0 Å². The van der Waals surface area contributed by atoms with Crippen molar-refractivity contribution in [2.24, 2.45) is 11.8 Å². The molecular weight excluding hydrogens is 220 g/mol. The van der Waals surface area contributed by atoms with E-state index in [9.17, 15) is 0 Å². The molecule has 104 valence electrons. The van der Waals surface area contributed by atoms with E-state index in [1.54, 1.807) is 0 Å². The number of nitrogens with one attached hydrogen (secondary N) is 1. The third-order valence-corrected chi connectivity index (χ3v) is 5.52. The van der Waals surface area contributed by atoms with Crippen molar-refractivity contribution in [3.05, 3.63) is 0 Å². The average Bonchev–Trinajstić information content (AvgIpc) is 2.67. The Hall–Kier alpha value is -0.0800. The van der Waals surface area contributed by atoms with E-state index >= 15 is 0 Å². The summed E-state index contributed by atoms with van der Waals surface area (Å²) in [5, 5.41) is 3.76. The van der Waals surface area contributed by atoms with Crippen molar-refractivity contribution in [1.82, 2.24) is 10.2 Å². The molecular formula is C16H30N2. The molecule has 18 heavy (non-hydrogen) atoms. The Morgan fingerprint density at radius 3 is 2.61 bits per heavy atom. The van der Waals surface area contributed by atoms with Crippen LogP contribution in [0.1, 0.15) is 57.8 Å². The number of likely N-dealkylation sites (tertiary alicyclic amines) is 1. The second kappa shape index (κ2) is 6.38. The van der Waals surface area contributed by atoms with Gasteiger partial charge in [-0.25, -0.2) is 0 Å². The molecule has 2 heterocycles. The van der Waals surface area contributed by atoms with Crippen LogP contribution in [0.15, 0.2) is 0 Å². The lowest BCUT2D eigenvalue weighted by Crippen LogP contribution is -2.47. The predicted molar refractivity (Wildman–Crippen MR) is 76.8 cm³/mol. The first-order valence-electron chi connectivity index (χ1n) is 8.37. The van der Waals surface area contributed by atoms with Crippen molar-refractivity contribution in [2.45, 2.75) is 63.8 Å². The molecule has 2 aliphatic heterocycles. The zero-order valence-corrected chi connectivity index (χ0v) is 11.9. The van der Waals surface area contributed by atoms with Gasteiger partial charge in [-0.2, -0.15) is 0 Å². The van der Waals surface area contributed by atoms with Crippen LogP contribution >= 0.6 is 0 Å². The first-order valence-corrected chi connectivity index (χ1v) is 8.37. The molecule has 0 aromatic rings. The third kappa shape index (κ3) is 3.27. The van der Waals surface area contributed by atoms with E-state index in [-0.39, 0.29) is 0 Å². The molecule has 3 rings (SSSR count). The number of hydrogen-bond acceptors (Lipinski definition) is 2. The van der Waals surface area contributed by atoms with Gasteiger partial charge in [-0.3, -0.25) is 0 Å². The lowest BCUT2D eigenvalue weighted by atomic mass is 9.75. The maximum absolute atomic E-state index is 3.76. The monoisotopic (exact) mass is 250 g/mol. The van der Waals surface area contributed by atoms with Crippen LogP contribution in [0.25, 0.3) is 0 Å². The summed E-state index contributed by atoms with van der Waals surface area (Å²) in [4.78, 5) is 2.77. The van der Waals surface area contributed by atoms with E-state index < -0.39 is 0 Å². The number of nitrogens with zero attached hydrogens (tertiary/aromatic N) is 1. The normalized spacial score (nSPS) is 39.0. The summed E-state index contributed by atoms with van der Waals surface area (Å²) < 4.78 is 0. The Morgan fingerprint density at radius 2 is 1.67 bits per heavy atom. The minimum atomic E-state index is 0.785. The Labute approximate surface area is 113 Å². The Morgan fingerprint density at radius 1 is 0.833 bits per heavy atom. The van der Waals surface area contributed by atoms with E-state index in [4.69, 9.17) is 0 Å². The molecule has 0 aromatic carbocycles. The molecule has 3 atom stereocenters. The number of piperidine rings is 1. The van der Waals surface area contributed by atoms with Crippen LogP contribution in [-0.4, -0.2) is 37.1 Å².